The van der Waals surface area contributed by atoms with E-state index in [1.807, 2.05) is 6.07 Å². The van der Waals surface area contributed by atoms with Crippen LogP contribution in [0.5, 0.6) is 0 Å². The second-order valence-electron chi connectivity index (χ2n) is 4.66. The first kappa shape index (κ1) is 17.5. The molecule has 0 saturated carbocycles. The minimum atomic E-state index is -3.40. The van der Waals surface area contributed by atoms with E-state index in [2.05, 4.69) is 0 Å². The predicted octanol–water partition coefficient (Wildman–Crippen LogP) is 2.02. The first-order valence-corrected chi connectivity index (χ1v) is 8.60. The van der Waals surface area contributed by atoms with Gasteiger partial charge < -0.3 is 4.90 Å². The summed E-state index contributed by atoms with van der Waals surface area (Å²) < 4.78 is 24.0. The van der Waals surface area contributed by atoms with E-state index in [1.165, 1.54) is 4.90 Å². The number of rotatable bonds is 7. The quantitative estimate of drug-likeness (QED) is 0.767. The summed E-state index contributed by atoms with van der Waals surface area (Å²) in [6.45, 7) is 0.305. The van der Waals surface area contributed by atoms with Crippen molar-refractivity contribution >= 4 is 27.3 Å². The van der Waals surface area contributed by atoms with E-state index < -0.39 is 9.84 Å². The van der Waals surface area contributed by atoms with E-state index in [-0.39, 0.29) is 30.3 Å². The Kier molecular flexibility index (Phi) is 6.66. The fourth-order valence-corrected chi connectivity index (χ4v) is 3.34. The van der Waals surface area contributed by atoms with E-state index >= 15 is 0 Å². The van der Waals surface area contributed by atoms with Crippen molar-refractivity contribution in [3.8, 4) is 6.07 Å². The van der Waals surface area contributed by atoms with Crippen molar-refractivity contribution in [2.75, 3.05) is 19.3 Å². The Labute approximate surface area is 130 Å². The highest BCUT2D eigenvalue weighted by molar-refractivity contribution is 7.90. The Morgan fingerprint density at radius 2 is 2.05 bits per heavy atom. The van der Waals surface area contributed by atoms with E-state index in [0.29, 0.717) is 17.1 Å². The monoisotopic (exact) mass is 328 g/mol. The second-order valence-corrected chi connectivity index (χ2v) is 7.25. The molecule has 0 aromatic heterocycles. The summed E-state index contributed by atoms with van der Waals surface area (Å²) in [5, 5.41) is 8.85. The van der Waals surface area contributed by atoms with Crippen LogP contribution in [0, 0.1) is 11.3 Å². The van der Waals surface area contributed by atoms with Crippen LogP contribution in [0.1, 0.15) is 18.4 Å². The molecule has 1 aromatic carbocycles. The Hall–Kier alpha value is -1.58. The van der Waals surface area contributed by atoms with Gasteiger partial charge in [0.2, 0.25) is 5.91 Å². The number of hydrogen-bond donors (Lipinski definition) is 0. The SMILES string of the molecule is CN(CCC#N)C(=O)CCS(=O)(=O)Cc1ccccc1Cl. The third-order valence-electron chi connectivity index (χ3n) is 2.94. The summed E-state index contributed by atoms with van der Waals surface area (Å²) >= 11 is 5.93. The van der Waals surface area contributed by atoms with Gasteiger partial charge in [-0.2, -0.15) is 5.26 Å². The number of amides is 1. The summed E-state index contributed by atoms with van der Waals surface area (Å²) in [5.41, 5.74) is 0.532. The predicted molar refractivity (Wildman–Crippen MR) is 81.4 cm³/mol. The van der Waals surface area contributed by atoms with Crippen LogP contribution < -0.4 is 0 Å². The molecule has 0 saturated heterocycles. The van der Waals surface area contributed by atoms with Gasteiger partial charge in [-0.1, -0.05) is 29.8 Å². The molecule has 21 heavy (non-hydrogen) atoms. The van der Waals surface area contributed by atoms with Gasteiger partial charge in [0.15, 0.2) is 9.84 Å². The Bertz CT molecular complexity index is 638. The Morgan fingerprint density at radius 3 is 2.67 bits per heavy atom. The molecular weight excluding hydrogens is 312 g/mol. The molecule has 1 amide bonds. The van der Waals surface area contributed by atoms with Gasteiger partial charge in [0.05, 0.1) is 24.0 Å². The van der Waals surface area contributed by atoms with Crippen molar-refractivity contribution in [1.82, 2.24) is 4.90 Å². The van der Waals surface area contributed by atoms with Gasteiger partial charge in [-0.05, 0) is 11.6 Å². The van der Waals surface area contributed by atoms with Crippen molar-refractivity contribution in [3.63, 3.8) is 0 Å². The van der Waals surface area contributed by atoms with E-state index in [9.17, 15) is 13.2 Å². The van der Waals surface area contributed by atoms with Crippen LogP contribution in [-0.2, 0) is 20.4 Å². The fraction of sp³-hybridized carbons (Fsp3) is 0.429. The lowest BCUT2D eigenvalue weighted by atomic mass is 10.2. The van der Waals surface area contributed by atoms with E-state index in [4.69, 9.17) is 16.9 Å². The van der Waals surface area contributed by atoms with Gasteiger partial charge >= 0.3 is 0 Å². The first-order valence-electron chi connectivity index (χ1n) is 6.40. The van der Waals surface area contributed by atoms with Gasteiger partial charge in [0, 0.05) is 25.0 Å². The molecule has 0 radical (unpaired) electrons. The Balaban J connectivity index is 2.56. The zero-order valence-corrected chi connectivity index (χ0v) is 13.3. The number of sulfone groups is 1. The van der Waals surface area contributed by atoms with Gasteiger partial charge in [-0.15, -0.1) is 0 Å². The number of halogens is 1. The maximum Gasteiger partial charge on any atom is 0.223 e. The van der Waals surface area contributed by atoms with Crippen LogP contribution in [0.3, 0.4) is 0 Å². The standard InChI is InChI=1S/C14H17ClN2O3S/c1-17(9-4-8-16)14(18)7-10-21(19,20)11-12-5-2-3-6-13(12)15/h2-3,5-6H,4,7,9-11H2,1H3. The largest absolute Gasteiger partial charge is 0.345 e. The highest BCUT2D eigenvalue weighted by Gasteiger charge is 2.17. The van der Waals surface area contributed by atoms with Gasteiger partial charge in [0.1, 0.15) is 0 Å². The van der Waals surface area contributed by atoms with Crippen LogP contribution >= 0.6 is 11.6 Å². The van der Waals surface area contributed by atoms with E-state index in [1.54, 1.807) is 31.3 Å². The molecule has 1 rings (SSSR count). The third-order valence-corrected chi connectivity index (χ3v) is 4.89. The lowest BCUT2D eigenvalue weighted by molar-refractivity contribution is -0.129. The molecule has 0 unspecified atom stereocenters. The topological polar surface area (TPSA) is 78.2 Å². The Morgan fingerprint density at radius 1 is 1.38 bits per heavy atom. The lowest BCUT2D eigenvalue weighted by Crippen LogP contribution is -2.29. The average molecular weight is 329 g/mol. The molecule has 114 valence electrons. The number of nitrogens with zero attached hydrogens (tertiary/aromatic N) is 2. The molecule has 7 heteroatoms. The van der Waals surface area contributed by atoms with Crippen LogP contribution in [0.25, 0.3) is 0 Å². The average Bonchev–Trinajstić information content (AvgIpc) is 2.44. The van der Waals surface area contributed by atoms with E-state index in [0.717, 1.165) is 0 Å². The molecule has 0 atom stereocenters. The number of carbonyl (C=O) groups is 1. The molecular formula is C14H17ClN2O3S. The van der Waals surface area contributed by atoms with Gasteiger partial charge in [-0.25, -0.2) is 8.42 Å². The summed E-state index contributed by atoms with van der Waals surface area (Å²) in [4.78, 5) is 13.1. The first-order chi connectivity index (χ1) is 9.85. The van der Waals surface area contributed by atoms with Crippen molar-refractivity contribution < 1.29 is 13.2 Å². The van der Waals surface area contributed by atoms with Crippen LogP contribution in [-0.4, -0.2) is 38.6 Å². The summed E-state index contributed by atoms with van der Waals surface area (Å²) in [6.07, 6.45) is 0.142. The second kappa shape index (κ2) is 8.01. The molecule has 0 aliphatic heterocycles. The molecule has 0 aliphatic carbocycles. The number of nitriles is 1. The maximum absolute atomic E-state index is 12.0. The minimum Gasteiger partial charge on any atom is -0.345 e. The number of hydrogen-bond acceptors (Lipinski definition) is 4. The summed E-state index contributed by atoms with van der Waals surface area (Å²) in [6, 6.07) is 8.67. The lowest BCUT2D eigenvalue weighted by Gasteiger charge is -2.15. The summed E-state index contributed by atoms with van der Waals surface area (Å²) in [5.74, 6) is -0.691. The normalized spacial score (nSPS) is 10.9. The minimum absolute atomic E-state index is 0.0886. The highest BCUT2D eigenvalue weighted by Crippen LogP contribution is 2.18. The molecule has 1 aromatic rings. The fourth-order valence-electron chi connectivity index (χ4n) is 1.70. The van der Waals surface area contributed by atoms with Crippen molar-refractivity contribution in [2.45, 2.75) is 18.6 Å². The molecule has 0 N–H and O–H groups in total. The molecule has 0 aliphatic rings. The number of benzene rings is 1. The van der Waals surface area contributed by atoms with Gasteiger partial charge in [0.25, 0.3) is 0 Å². The third kappa shape index (κ3) is 6.15. The smallest absolute Gasteiger partial charge is 0.223 e. The zero-order chi connectivity index (χ0) is 15.9. The maximum atomic E-state index is 12.0. The molecule has 5 nitrogen and oxygen atoms in total. The van der Waals surface area contributed by atoms with Crippen LogP contribution in [0.2, 0.25) is 5.02 Å². The number of carbonyl (C=O) groups excluding carboxylic acids is 1. The molecule has 0 heterocycles. The van der Waals surface area contributed by atoms with Crippen molar-refractivity contribution in [3.05, 3.63) is 34.9 Å². The van der Waals surface area contributed by atoms with Crippen LogP contribution in [0.15, 0.2) is 24.3 Å². The molecule has 0 fully saturated rings. The van der Waals surface area contributed by atoms with Crippen LogP contribution in [0.4, 0.5) is 0 Å². The zero-order valence-electron chi connectivity index (χ0n) is 11.8. The van der Waals surface area contributed by atoms with Gasteiger partial charge in [-0.3, -0.25) is 4.79 Å². The van der Waals surface area contributed by atoms with Crippen molar-refractivity contribution in [2.24, 2.45) is 0 Å². The highest BCUT2D eigenvalue weighted by atomic mass is 35.5. The van der Waals surface area contributed by atoms with Crippen molar-refractivity contribution in [1.29, 1.82) is 5.26 Å². The summed E-state index contributed by atoms with van der Waals surface area (Å²) in [7, 11) is -1.85. The molecule has 0 bridgehead atoms. The molecule has 0 spiro atoms.